The summed E-state index contributed by atoms with van der Waals surface area (Å²) in [4.78, 5) is 23.1. The third kappa shape index (κ3) is 3.71. The first kappa shape index (κ1) is 19.5. The summed E-state index contributed by atoms with van der Waals surface area (Å²) in [6.07, 6.45) is 1.64. The Hall–Kier alpha value is -3.49. The van der Waals surface area contributed by atoms with Crippen molar-refractivity contribution in [2.75, 3.05) is 10.6 Å². The third-order valence-corrected chi connectivity index (χ3v) is 6.10. The van der Waals surface area contributed by atoms with E-state index in [-0.39, 0.29) is 5.91 Å². The van der Waals surface area contributed by atoms with Crippen molar-refractivity contribution in [3.05, 3.63) is 87.3 Å². The Kier molecular flexibility index (Phi) is 5.01. The van der Waals surface area contributed by atoms with Gasteiger partial charge in [-0.05, 0) is 54.8 Å². The number of carbonyl (C=O) groups excluding carboxylic acids is 1. The van der Waals surface area contributed by atoms with Crippen molar-refractivity contribution in [2.45, 2.75) is 13.0 Å². The highest BCUT2D eigenvalue weighted by atomic mass is 35.5. The number of pyridine rings is 1. The fraction of sp³-hybridized carbons (Fsp3) is 0.0909. The van der Waals surface area contributed by atoms with Crippen LogP contribution in [0.5, 0.6) is 0 Å². The van der Waals surface area contributed by atoms with E-state index >= 15 is 0 Å². The Balaban J connectivity index is 1.57. The maximum Gasteiger partial charge on any atom is 0.257 e. The second kappa shape index (κ2) is 7.98. The number of nitrogens with zero attached hydrogens (tertiary/aromatic N) is 4. The van der Waals surface area contributed by atoms with E-state index in [9.17, 15) is 4.79 Å². The van der Waals surface area contributed by atoms with Crippen molar-refractivity contribution in [1.29, 1.82) is 0 Å². The predicted octanol–water partition coefficient (Wildman–Crippen LogP) is 4.98. The highest BCUT2D eigenvalue weighted by Crippen LogP contribution is 2.38. The molecule has 1 aliphatic heterocycles. The Morgan fingerprint density at radius 3 is 2.71 bits per heavy atom. The smallest absolute Gasteiger partial charge is 0.257 e. The molecule has 1 aliphatic rings. The fourth-order valence-electron chi connectivity index (χ4n) is 3.50. The number of rotatable bonds is 4. The molecule has 0 saturated carbocycles. The molecule has 1 aromatic carbocycles. The molecule has 0 saturated heterocycles. The Labute approximate surface area is 187 Å². The molecule has 9 heteroatoms. The molecule has 0 spiro atoms. The topological polar surface area (TPSA) is 84.7 Å². The molecule has 154 valence electrons. The summed E-state index contributed by atoms with van der Waals surface area (Å²) in [6.45, 7) is 1.87. The molecule has 0 bridgehead atoms. The molecule has 2 N–H and O–H groups in total. The van der Waals surface area contributed by atoms with Gasteiger partial charge in [0, 0.05) is 27.4 Å². The minimum absolute atomic E-state index is 0.240. The van der Waals surface area contributed by atoms with E-state index in [1.165, 1.54) is 0 Å². The van der Waals surface area contributed by atoms with E-state index in [0.717, 1.165) is 16.1 Å². The van der Waals surface area contributed by atoms with Crippen LogP contribution in [-0.4, -0.2) is 25.7 Å². The SMILES string of the molecule is CC1=C(C(=O)Nc2ccccn2)C(c2cccs2)n2nc(-c3ccc(Cl)cc3)nc2N1. The average molecular weight is 449 g/mol. The van der Waals surface area contributed by atoms with Gasteiger partial charge in [-0.15, -0.1) is 16.4 Å². The van der Waals surface area contributed by atoms with Crippen LogP contribution in [0.15, 0.2) is 77.4 Å². The largest absolute Gasteiger partial charge is 0.328 e. The molecule has 1 unspecified atom stereocenters. The first-order chi connectivity index (χ1) is 15.1. The van der Waals surface area contributed by atoms with Gasteiger partial charge in [-0.1, -0.05) is 23.7 Å². The number of anilines is 2. The first-order valence-electron chi connectivity index (χ1n) is 9.56. The van der Waals surface area contributed by atoms with Crippen molar-refractivity contribution in [2.24, 2.45) is 0 Å². The summed E-state index contributed by atoms with van der Waals surface area (Å²) in [5.74, 6) is 1.38. The van der Waals surface area contributed by atoms with Crippen molar-refractivity contribution in [3.63, 3.8) is 0 Å². The first-order valence-corrected chi connectivity index (χ1v) is 10.8. The summed E-state index contributed by atoms with van der Waals surface area (Å²) in [5, 5.41) is 13.5. The average Bonchev–Trinajstić information content (AvgIpc) is 3.44. The lowest BCUT2D eigenvalue weighted by atomic mass is 10.0. The zero-order chi connectivity index (χ0) is 21.4. The highest BCUT2D eigenvalue weighted by molar-refractivity contribution is 7.10. The van der Waals surface area contributed by atoms with E-state index in [2.05, 4.69) is 20.6 Å². The number of halogens is 1. The molecule has 3 aromatic heterocycles. The summed E-state index contributed by atoms with van der Waals surface area (Å²) in [5.41, 5.74) is 2.12. The second-order valence-corrected chi connectivity index (χ2v) is 8.38. The minimum atomic E-state index is -0.409. The number of hydrogen-bond acceptors (Lipinski definition) is 6. The van der Waals surface area contributed by atoms with Crippen LogP contribution in [0.25, 0.3) is 11.4 Å². The molecular weight excluding hydrogens is 432 g/mol. The number of nitrogens with one attached hydrogen (secondary N) is 2. The molecule has 1 atom stereocenters. The number of carbonyl (C=O) groups is 1. The number of hydrogen-bond donors (Lipinski definition) is 2. The van der Waals surface area contributed by atoms with E-state index in [1.807, 2.05) is 42.6 Å². The lowest BCUT2D eigenvalue weighted by Gasteiger charge is -2.27. The van der Waals surface area contributed by atoms with Crippen molar-refractivity contribution in [3.8, 4) is 11.4 Å². The summed E-state index contributed by atoms with van der Waals surface area (Å²) >= 11 is 7.58. The molecule has 4 aromatic rings. The van der Waals surface area contributed by atoms with Gasteiger partial charge in [-0.3, -0.25) is 4.79 Å². The molecule has 0 aliphatic carbocycles. The number of aromatic nitrogens is 4. The van der Waals surface area contributed by atoms with Gasteiger partial charge in [0.05, 0.1) is 5.57 Å². The van der Waals surface area contributed by atoms with Gasteiger partial charge in [-0.2, -0.15) is 4.98 Å². The number of fused-ring (bicyclic) bond motifs is 1. The predicted molar refractivity (Wildman–Crippen MR) is 122 cm³/mol. The van der Waals surface area contributed by atoms with Crippen LogP contribution in [0.2, 0.25) is 5.02 Å². The van der Waals surface area contributed by atoms with E-state index < -0.39 is 6.04 Å². The summed E-state index contributed by atoms with van der Waals surface area (Å²) < 4.78 is 1.76. The molecule has 31 heavy (non-hydrogen) atoms. The second-order valence-electron chi connectivity index (χ2n) is 6.96. The normalized spacial score (nSPS) is 15.4. The Bertz CT molecular complexity index is 1270. The minimum Gasteiger partial charge on any atom is -0.328 e. The van der Waals surface area contributed by atoms with E-state index in [0.29, 0.717) is 28.2 Å². The quantitative estimate of drug-likeness (QED) is 0.459. The van der Waals surface area contributed by atoms with Gasteiger partial charge in [0.25, 0.3) is 5.91 Å². The standard InChI is InChI=1S/C22H17ClN6OS/c1-13-18(21(30)26-17-6-2-3-11-24-17)19(16-5-4-12-31-16)29-22(25-13)27-20(28-29)14-7-9-15(23)10-8-14/h2-12,19H,1H3,(H,24,26,30)(H,25,27,28). The number of allylic oxidation sites excluding steroid dienone is 1. The van der Waals surface area contributed by atoms with Gasteiger partial charge in [0.15, 0.2) is 5.82 Å². The van der Waals surface area contributed by atoms with E-state index in [4.69, 9.17) is 16.7 Å². The molecule has 0 radical (unpaired) electrons. The zero-order valence-corrected chi connectivity index (χ0v) is 18.0. The highest BCUT2D eigenvalue weighted by Gasteiger charge is 2.35. The van der Waals surface area contributed by atoms with Crippen LogP contribution in [-0.2, 0) is 4.79 Å². The van der Waals surface area contributed by atoms with Gasteiger partial charge >= 0.3 is 0 Å². The lowest BCUT2D eigenvalue weighted by molar-refractivity contribution is -0.113. The monoisotopic (exact) mass is 448 g/mol. The summed E-state index contributed by atoms with van der Waals surface area (Å²) in [7, 11) is 0. The van der Waals surface area contributed by atoms with Crippen LogP contribution in [0.4, 0.5) is 11.8 Å². The Morgan fingerprint density at radius 2 is 2.00 bits per heavy atom. The van der Waals surface area contributed by atoms with Crippen LogP contribution >= 0.6 is 22.9 Å². The molecule has 7 nitrogen and oxygen atoms in total. The maximum absolute atomic E-state index is 13.3. The molecule has 5 rings (SSSR count). The maximum atomic E-state index is 13.3. The summed E-state index contributed by atoms with van der Waals surface area (Å²) in [6, 6.07) is 16.3. The molecule has 4 heterocycles. The lowest BCUT2D eigenvalue weighted by Crippen LogP contribution is -2.31. The van der Waals surface area contributed by atoms with Crippen LogP contribution in [0.1, 0.15) is 17.8 Å². The third-order valence-electron chi connectivity index (χ3n) is 4.92. The van der Waals surface area contributed by atoms with Gasteiger partial charge in [-0.25, -0.2) is 9.67 Å². The number of amides is 1. The number of thiophene rings is 1. The van der Waals surface area contributed by atoms with Gasteiger partial charge in [0.2, 0.25) is 5.95 Å². The molecule has 1 amide bonds. The van der Waals surface area contributed by atoms with Crippen molar-refractivity contribution >= 4 is 40.6 Å². The Morgan fingerprint density at radius 1 is 1.16 bits per heavy atom. The van der Waals surface area contributed by atoms with Crippen LogP contribution in [0, 0.1) is 0 Å². The van der Waals surface area contributed by atoms with Gasteiger partial charge < -0.3 is 10.6 Å². The van der Waals surface area contributed by atoms with Crippen LogP contribution in [0.3, 0.4) is 0 Å². The van der Waals surface area contributed by atoms with Crippen LogP contribution < -0.4 is 10.6 Å². The van der Waals surface area contributed by atoms with E-state index in [1.54, 1.807) is 46.5 Å². The van der Waals surface area contributed by atoms with Gasteiger partial charge in [0.1, 0.15) is 11.9 Å². The van der Waals surface area contributed by atoms with Crippen molar-refractivity contribution in [1.82, 2.24) is 19.7 Å². The molecular formula is C22H17ClN6OS. The fourth-order valence-corrected chi connectivity index (χ4v) is 4.44. The number of benzene rings is 1. The zero-order valence-electron chi connectivity index (χ0n) is 16.4. The van der Waals surface area contributed by atoms with Crippen molar-refractivity contribution < 1.29 is 4.79 Å². The molecule has 0 fully saturated rings.